The zero-order valence-corrected chi connectivity index (χ0v) is 58.8. The van der Waals surface area contributed by atoms with Crippen LogP contribution in [0, 0.1) is 87.8 Å². The minimum absolute atomic E-state index is 0.0000520. The van der Waals surface area contributed by atoms with Crippen molar-refractivity contribution >= 4 is 76.8 Å². The zero-order valence-electron chi connectivity index (χ0n) is 53.1. The first-order chi connectivity index (χ1) is 44.9. The van der Waals surface area contributed by atoms with E-state index in [2.05, 4.69) is 11.7 Å². The van der Waals surface area contributed by atoms with Gasteiger partial charge < -0.3 is 33.2 Å². The number of methoxy groups -OCH3 is 1. The zero-order chi connectivity index (χ0) is 70.3. The van der Waals surface area contributed by atoms with Crippen molar-refractivity contribution in [1.82, 2.24) is 0 Å². The molecule has 2 saturated carbocycles. The van der Waals surface area contributed by atoms with Gasteiger partial charge in [0.2, 0.25) is 9.49 Å². The summed E-state index contributed by atoms with van der Waals surface area (Å²) < 4.78 is 269. The number of rotatable bonds is 1. The van der Waals surface area contributed by atoms with E-state index < -0.39 is 174 Å². The van der Waals surface area contributed by atoms with E-state index in [-0.39, 0.29) is 120 Å². The van der Waals surface area contributed by atoms with E-state index in [4.69, 9.17) is 68.2 Å². The molecule has 19 aliphatic heterocycles. The van der Waals surface area contributed by atoms with Crippen LogP contribution in [-0.4, -0.2) is 229 Å². The molecular weight excluding hydrogens is 1450 g/mol. The molecular formula is C56H73F3N2O29S7. The van der Waals surface area contributed by atoms with E-state index in [1.165, 1.54) is 14.0 Å². The molecule has 14 bridgehead atoms. The van der Waals surface area contributed by atoms with E-state index in [1.54, 1.807) is 6.92 Å². The number of alkyl halides is 3. The van der Waals surface area contributed by atoms with Crippen LogP contribution in [-0.2, 0) is 138 Å². The molecule has 31 nitrogen and oxygen atoms in total. The molecule has 97 heavy (non-hydrogen) atoms. The summed E-state index contributed by atoms with van der Waals surface area (Å²) in [6, 6.07) is 3.90. The van der Waals surface area contributed by atoms with Crippen molar-refractivity contribution in [3.8, 4) is 12.1 Å². The molecule has 37 unspecified atom stereocenters. The highest BCUT2D eigenvalue weighted by atomic mass is 32.2. The number of esters is 1. The molecule has 21 fully saturated rings. The lowest BCUT2D eigenvalue weighted by atomic mass is 9.80. The summed E-state index contributed by atoms with van der Waals surface area (Å²) in [6.45, 7) is 15.0. The van der Waals surface area contributed by atoms with Crippen LogP contribution in [0.25, 0.3) is 0 Å². The highest BCUT2D eigenvalue weighted by Gasteiger charge is 2.80. The number of hydrogen-bond donors (Lipinski definition) is 0. The van der Waals surface area contributed by atoms with Crippen LogP contribution >= 0.6 is 0 Å². The van der Waals surface area contributed by atoms with Crippen molar-refractivity contribution in [2.75, 3.05) is 7.11 Å². The van der Waals surface area contributed by atoms with Gasteiger partial charge in [-0.1, -0.05) is 48.5 Å². The van der Waals surface area contributed by atoms with Crippen LogP contribution in [0.15, 0.2) is 0 Å². The van der Waals surface area contributed by atoms with E-state index in [1.807, 2.05) is 46.8 Å². The predicted octanol–water partition coefficient (Wildman–Crippen LogP) is 0.469. The number of carbonyl (C=O) groups excluding carboxylic acids is 1. The maximum atomic E-state index is 12.8. The van der Waals surface area contributed by atoms with Crippen LogP contribution in [0.1, 0.15) is 93.9 Å². The molecule has 19 saturated heterocycles. The fraction of sp³-hybridized carbons (Fsp3) is 0.946. The number of carbonyl (C=O) groups is 1. The topological polar surface area (TPSA) is 433 Å². The summed E-state index contributed by atoms with van der Waals surface area (Å²) >= 11 is 0. The SMILES string of the molecule is CC1C2CC3(C#N)C(O2)C1OS3(=O)=O.CC1C2CC3(C)C(O2)C1OS3(=O)=O.CC1C2CC3C(O2)C1OS3(=O)=O.CC1C2CC3C1OS(=O)(=O)C3C2.CC1C2OC3C1OS(=O)(=O)C3C2C#N.CC1C2OS(=O)(=O)C3C2OC1C3C(F)(F)F.COC(=O)C12CC3OC1C(OS2(=O)=O)C3C. The standard InChI is InChI=1S/C9H12O6S.C8H9F3O4S.2C8H9NO4S.C8H12O4S.C8H12O3S.C7H10O4S/c1-4-5-3-9(8(10)13-2)7(14-5)6(4)15-16(9,11)12;1-2-4-3(8(9,10)11)7-6(14-4)5(2)15-16(7,12)13;1-4-5-2-8(3-9)7(12-5)6(4)13-14(8,10)11;1-3-5-4(2-9)8-7(12-5)6(3)13-14(8,10)11;1-4-5-3-8(2)7(11-5)6(4)12-13(8,9)10;1-4-5-2-6-7(3-5)12(9,10)11-8(4)6;1-3-4-2-5-7(10-4)6(3)11-12(5,8)9/h4-7H,3H2,1-2H3;2-7H,1H3;4-7H,2H2,1H3;3-8H,1H3;4-7H,3H2,1-2H3;4-8H,2-3H2,1H3;3-7H,2H2,1H3. The third-order valence-corrected chi connectivity index (χ3v) is 38.1. The minimum Gasteiger partial charge on any atom is -0.468 e. The molecule has 21 rings (SSSR count). The van der Waals surface area contributed by atoms with Gasteiger partial charge in [-0.3, -0.25) is 34.1 Å². The molecule has 544 valence electrons. The number of halogens is 3. The van der Waals surface area contributed by atoms with E-state index in [9.17, 15) is 76.9 Å². The first kappa shape index (κ1) is 70.1. The van der Waals surface area contributed by atoms with Gasteiger partial charge in [0.05, 0.1) is 73.1 Å². The van der Waals surface area contributed by atoms with Crippen molar-refractivity contribution in [3.63, 3.8) is 0 Å². The molecule has 0 aromatic heterocycles. The number of fused-ring (bicyclic) bond motifs is 7. The highest BCUT2D eigenvalue weighted by molar-refractivity contribution is 7.90. The van der Waals surface area contributed by atoms with Crippen LogP contribution in [0.2, 0.25) is 0 Å². The highest BCUT2D eigenvalue weighted by Crippen LogP contribution is 2.62. The molecule has 0 spiro atoms. The average molecular weight is 1520 g/mol. The molecule has 0 radical (unpaired) electrons. The second-order valence-corrected chi connectivity index (χ2v) is 42.7. The van der Waals surface area contributed by atoms with Crippen LogP contribution in [0.5, 0.6) is 0 Å². The van der Waals surface area contributed by atoms with Crippen molar-refractivity contribution in [2.24, 2.45) is 65.1 Å². The number of nitriles is 2. The smallest absolute Gasteiger partial charge is 0.395 e. The van der Waals surface area contributed by atoms with Crippen LogP contribution in [0.4, 0.5) is 13.2 Å². The second kappa shape index (κ2) is 22.0. The first-order valence-corrected chi connectivity index (χ1v) is 42.4. The monoisotopic (exact) mass is 1520 g/mol. The maximum Gasteiger partial charge on any atom is 0.395 e. The third kappa shape index (κ3) is 9.44. The van der Waals surface area contributed by atoms with Crippen molar-refractivity contribution < 1.29 is 139 Å². The first-order valence-electron chi connectivity index (χ1n) is 32.3. The van der Waals surface area contributed by atoms with Gasteiger partial charge in [-0.05, 0) is 44.4 Å². The van der Waals surface area contributed by atoms with E-state index in [0.29, 0.717) is 30.6 Å². The van der Waals surface area contributed by atoms with E-state index in [0.717, 1.165) is 12.8 Å². The minimum atomic E-state index is -4.57. The van der Waals surface area contributed by atoms with Crippen molar-refractivity contribution in [3.05, 3.63) is 0 Å². The van der Waals surface area contributed by atoms with Gasteiger partial charge in [-0.25, -0.2) is 0 Å². The lowest BCUT2D eigenvalue weighted by Gasteiger charge is -2.27. The molecule has 0 aromatic carbocycles. The lowest BCUT2D eigenvalue weighted by molar-refractivity contribution is -0.189. The Morgan fingerprint density at radius 1 is 0.454 bits per heavy atom. The summed E-state index contributed by atoms with van der Waals surface area (Å²) in [5, 5.41) is 15.1. The predicted molar refractivity (Wildman–Crippen MR) is 313 cm³/mol. The largest absolute Gasteiger partial charge is 0.468 e. The van der Waals surface area contributed by atoms with Crippen LogP contribution < -0.4 is 0 Å². The van der Waals surface area contributed by atoms with Crippen LogP contribution in [0.3, 0.4) is 0 Å². The Kier molecular flexibility index (Phi) is 15.9. The molecule has 0 aromatic rings. The fourth-order valence-electron chi connectivity index (χ4n) is 19.9. The Bertz CT molecular complexity index is 4210. The number of ether oxygens (including phenoxy) is 7. The molecule has 21 aliphatic rings. The fourth-order valence-corrected chi connectivity index (χ4v) is 32.6. The average Bonchev–Trinajstić information content (AvgIpc) is 1.53. The normalized spacial score (nSPS) is 57.0. The summed E-state index contributed by atoms with van der Waals surface area (Å²) in [5.41, 5.74) is 0. The Balaban J connectivity index is 0.0000000928. The Hall–Kier alpha value is -2.63. The molecule has 2 aliphatic carbocycles. The Morgan fingerprint density at radius 3 is 1.47 bits per heavy atom. The van der Waals surface area contributed by atoms with Crippen molar-refractivity contribution in [1.29, 1.82) is 10.5 Å². The van der Waals surface area contributed by atoms with Gasteiger partial charge in [-0.15, -0.1) is 0 Å². The van der Waals surface area contributed by atoms with Gasteiger partial charge in [0.25, 0.3) is 70.8 Å². The molecule has 37 atom stereocenters. The van der Waals surface area contributed by atoms with Gasteiger partial charge in [0.1, 0.15) is 99.7 Å². The number of hydrogen-bond acceptors (Lipinski definition) is 31. The molecule has 0 amide bonds. The second-order valence-electron chi connectivity index (χ2n) is 30.0. The van der Waals surface area contributed by atoms with E-state index >= 15 is 0 Å². The van der Waals surface area contributed by atoms with Gasteiger partial charge >= 0.3 is 12.1 Å². The van der Waals surface area contributed by atoms with Gasteiger partial charge in [-0.2, -0.15) is 82.6 Å². The number of nitrogens with zero attached hydrogens (tertiary/aromatic N) is 2. The molecule has 19 heterocycles. The van der Waals surface area contributed by atoms with Gasteiger partial charge in [0, 0.05) is 54.3 Å². The summed E-state index contributed by atoms with van der Waals surface area (Å²) in [6.07, 6.45) is -8.05. The molecule has 41 heteroatoms. The maximum absolute atomic E-state index is 12.8. The Morgan fingerprint density at radius 2 is 0.938 bits per heavy atom. The summed E-state index contributed by atoms with van der Waals surface area (Å²) in [4.78, 5) is 11.7. The quantitative estimate of drug-likeness (QED) is 0.254. The summed E-state index contributed by atoms with van der Waals surface area (Å²) in [5.74, 6) is -1.88. The Labute approximate surface area is 559 Å². The molecule has 0 N–H and O–H groups in total. The summed E-state index contributed by atoms with van der Waals surface area (Å²) in [7, 11) is -24.1. The van der Waals surface area contributed by atoms with Crippen molar-refractivity contribution in [2.45, 2.75) is 251 Å². The third-order valence-electron chi connectivity index (χ3n) is 25.4. The van der Waals surface area contributed by atoms with Gasteiger partial charge in [0.15, 0.2) is 0 Å². The lowest BCUT2D eigenvalue weighted by Crippen LogP contribution is -2.52.